The maximum absolute atomic E-state index is 13.0. The number of rotatable bonds is 4. The molecule has 0 aliphatic carbocycles. The van der Waals surface area contributed by atoms with E-state index in [9.17, 15) is 18.3 Å². The van der Waals surface area contributed by atoms with Gasteiger partial charge in [-0.1, -0.05) is 18.2 Å². The molecule has 0 spiro atoms. The maximum Gasteiger partial charge on any atom is 0.244 e. The quantitative estimate of drug-likeness (QED) is 0.877. The van der Waals surface area contributed by atoms with E-state index in [1.54, 1.807) is 36.9 Å². The Morgan fingerprint density at radius 2 is 1.96 bits per heavy atom. The molecule has 0 radical (unpaired) electrons. The smallest absolute Gasteiger partial charge is 0.244 e. The molecule has 2 heterocycles. The fourth-order valence-corrected chi connectivity index (χ4v) is 5.70. The van der Waals surface area contributed by atoms with Crippen molar-refractivity contribution in [3.05, 3.63) is 30.3 Å². The van der Waals surface area contributed by atoms with Crippen LogP contribution in [-0.2, 0) is 19.4 Å². The lowest BCUT2D eigenvalue weighted by Crippen LogP contribution is -2.46. The normalized spacial score (nSPS) is 29.8. The third kappa shape index (κ3) is 2.47. The number of aliphatic hydroxyl groups excluding tert-OH is 1. The first kappa shape index (κ1) is 16.4. The van der Waals surface area contributed by atoms with Crippen molar-refractivity contribution in [3.8, 4) is 0 Å². The molecule has 1 N–H and O–H groups in total. The molecular formula is C16H21NO5S. The summed E-state index contributed by atoms with van der Waals surface area (Å²) >= 11 is 0. The fourth-order valence-electron chi connectivity index (χ4n) is 3.71. The van der Waals surface area contributed by atoms with Gasteiger partial charge in [-0.2, -0.15) is 0 Å². The molecule has 0 bridgehead atoms. The van der Waals surface area contributed by atoms with Crippen molar-refractivity contribution in [1.29, 1.82) is 0 Å². The zero-order valence-corrected chi connectivity index (χ0v) is 14.0. The Balaban J connectivity index is 2.06. The van der Waals surface area contributed by atoms with Crippen molar-refractivity contribution in [2.24, 2.45) is 5.92 Å². The molecule has 1 amide bonds. The molecule has 1 aromatic rings. The number of hydrogen-bond donors (Lipinski definition) is 1. The number of amides is 1. The number of carbonyl (C=O) groups excluding carboxylic acids is 1. The minimum atomic E-state index is -3.81. The van der Waals surface area contributed by atoms with E-state index in [4.69, 9.17) is 4.74 Å². The summed E-state index contributed by atoms with van der Waals surface area (Å²) < 4.78 is 31.7. The molecule has 1 aromatic carbocycles. The third-order valence-corrected chi connectivity index (χ3v) is 6.90. The monoisotopic (exact) mass is 339 g/mol. The minimum Gasteiger partial charge on any atom is -0.396 e. The summed E-state index contributed by atoms with van der Waals surface area (Å²) in [5.41, 5.74) is -0.823. The lowest BCUT2D eigenvalue weighted by Gasteiger charge is -2.29. The second-order valence-electron chi connectivity index (χ2n) is 6.49. The second kappa shape index (κ2) is 5.58. The Morgan fingerprint density at radius 1 is 1.30 bits per heavy atom. The highest BCUT2D eigenvalue weighted by atomic mass is 32.2. The summed E-state index contributed by atoms with van der Waals surface area (Å²) in [4.78, 5) is 14.6. The van der Waals surface area contributed by atoms with E-state index >= 15 is 0 Å². The summed E-state index contributed by atoms with van der Waals surface area (Å²) in [6.45, 7) is 3.66. The van der Waals surface area contributed by atoms with Gasteiger partial charge in [0.05, 0.1) is 17.5 Å². The van der Waals surface area contributed by atoms with Gasteiger partial charge in [0, 0.05) is 12.5 Å². The number of hydrogen-bond acceptors (Lipinski definition) is 5. The summed E-state index contributed by atoms with van der Waals surface area (Å²) in [6, 6.07) is 7.71. The topological polar surface area (TPSA) is 83.9 Å². The Hall–Kier alpha value is -1.44. The van der Waals surface area contributed by atoms with E-state index in [-0.39, 0.29) is 24.0 Å². The van der Waals surface area contributed by atoms with Gasteiger partial charge in [-0.25, -0.2) is 8.42 Å². The van der Waals surface area contributed by atoms with Crippen LogP contribution in [0.3, 0.4) is 0 Å². The summed E-state index contributed by atoms with van der Waals surface area (Å²) in [7, 11) is -3.81. The van der Waals surface area contributed by atoms with Crippen LogP contribution in [0.25, 0.3) is 0 Å². The standard InChI is InChI=1S/C16H21NO5S/c1-16(2)17-13(10-22-16)12(8-9-18)14(15(17)19)23(20,21)11-6-4-3-5-7-11/h3-7,12-14,18H,8-10H2,1-2H3/t12-,13-,14+/m1/s1. The number of benzene rings is 1. The van der Waals surface area contributed by atoms with Gasteiger partial charge in [-0.3, -0.25) is 4.79 Å². The van der Waals surface area contributed by atoms with Crippen LogP contribution in [0.1, 0.15) is 20.3 Å². The fraction of sp³-hybridized carbons (Fsp3) is 0.562. The van der Waals surface area contributed by atoms with Crippen molar-refractivity contribution in [3.63, 3.8) is 0 Å². The Bertz CT molecular complexity index is 700. The molecule has 7 heteroatoms. The molecule has 2 saturated heterocycles. The lowest BCUT2D eigenvalue weighted by molar-refractivity contribution is -0.141. The van der Waals surface area contributed by atoms with E-state index in [1.165, 1.54) is 12.1 Å². The zero-order valence-electron chi connectivity index (χ0n) is 13.2. The number of ether oxygens (including phenoxy) is 1. The molecule has 126 valence electrons. The van der Waals surface area contributed by atoms with Crippen molar-refractivity contribution in [1.82, 2.24) is 4.90 Å². The summed E-state index contributed by atoms with van der Waals surface area (Å²) in [6.07, 6.45) is 0.253. The Labute approximate surface area is 136 Å². The molecule has 6 nitrogen and oxygen atoms in total. The van der Waals surface area contributed by atoms with Gasteiger partial charge in [0.25, 0.3) is 0 Å². The number of sulfone groups is 1. The first-order chi connectivity index (χ1) is 10.8. The molecule has 0 unspecified atom stereocenters. The molecule has 2 fully saturated rings. The molecular weight excluding hydrogens is 318 g/mol. The van der Waals surface area contributed by atoms with Crippen molar-refractivity contribution in [2.45, 2.75) is 42.2 Å². The Kier molecular flexibility index (Phi) is 3.98. The van der Waals surface area contributed by atoms with Crippen LogP contribution in [0.15, 0.2) is 35.2 Å². The number of fused-ring (bicyclic) bond motifs is 1. The molecule has 3 rings (SSSR count). The molecule has 3 atom stereocenters. The molecule has 0 saturated carbocycles. The van der Waals surface area contributed by atoms with Crippen molar-refractivity contribution < 1.29 is 23.1 Å². The molecule has 2 aliphatic rings. The number of carbonyl (C=O) groups is 1. The van der Waals surface area contributed by atoms with E-state index in [0.717, 1.165) is 0 Å². The van der Waals surface area contributed by atoms with Crippen LogP contribution in [0, 0.1) is 5.92 Å². The van der Waals surface area contributed by atoms with Gasteiger partial charge in [0.2, 0.25) is 5.91 Å². The van der Waals surface area contributed by atoms with E-state index in [2.05, 4.69) is 0 Å². The van der Waals surface area contributed by atoms with Crippen LogP contribution in [-0.4, -0.2) is 54.6 Å². The summed E-state index contributed by atoms with van der Waals surface area (Å²) in [5.74, 6) is -0.903. The van der Waals surface area contributed by atoms with E-state index in [0.29, 0.717) is 6.61 Å². The van der Waals surface area contributed by atoms with Crippen LogP contribution < -0.4 is 0 Å². The zero-order chi connectivity index (χ0) is 16.8. The van der Waals surface area contributed by atoms with Gasteiger partial charge in [0.15, 0.2) is 9.84 Å². The van der Waals surface area contributed by atoms with Crippen LogP contribution in [0.2, 0.25) is 0 Å². The van der Waals surface area contributed by atoms with E-state index < -0.39 is 32.6 Å². The van der Waals surface area contributed by atoms with Crippen LogP contribution in [0.5, 0.6) is 0 Å². The van der Waals surface area contributed by atoms with Gasteiger partial charge in [-0.05, 0) is 32.4 Å². The summed E-state index contributed by atoms with van der Waals surface area (Å²) in [5, 5.41) is 8.19. The second-order valence-corrected chi connectivity index (χ2v) is 8.56. The first-order valence-electron chi connectivity index (χ1n) is 7.67. The first-order valence-corrected chi connectivity index (χ1v) is 9.22. The average molecular weight is 339 g/mol. The maximum atomic E-state index is 13.0. The molecule has 2 aliphatic heterocycles. The largest absolute Gasteiger partial charge is 0.396 e. The molecule has 23 heavy (non-hydrogen) atoms. The van der Waals surface area contributed by atoms with Gasteiger partial charge in [0.1, 0.15) is 11.0 Å². The Morgan fingerprint density at radius 3 is 2.57 bits per heavy atom. The highest BCUT2D eigenvalue weighted by molar-refractivity contribution is 7.92. The van der Waals surface area contributed by atoms with Crippen molar-refractivity contribution in [2.75, 3.05) is 13.2 Å². The number of aliphatic hydroxyl groups is 1. The third-order valence-electron chi connectivity index (χ3n) is 4.75. The van der Waals surface area contributed by atoms with Gasteiger partial charge >= 0.3 is 0 Å². The number of nitrogens with zero attached hydrogens (tertiary/aromatic N) is 1. The van der Waals surface area contributed by atoms with Crippen LogP contribution >= 0.6 is 0 Å². The lowest BCUT2D eigenvalue weighted by atomic mass is 9.97. The van der Waals surface area contributed by atoms with Gasteiger partial charge < -0.3 is 14.7 Å². The predicted molar refractivity (Wildman–Crippen MR) is 83.3 cm³/mol. The average Bonchev–Trinajstić information content (AvgIpc) is 2.97. The minimum absolute atomic E-state index is 0.140. The SMILES string of the molecule is CC1(C)OC[C@@H]2[C@@H](CCO)[C@H](S(=O)(=O)c3ccccc3)C(=O)N21. The van der Waals surface area contributed by atoms with Crippen LogP contribution in [0.4, 0.5) is 0 Å². The predicted octanol–water partition coefficient (Wildman–Crippen LogP) is 0.805. The van der Waals surface area contributed by atoms with Gasteiger partial charge in [-0.15, -0.1) is 0 Å². The highest BCUT2D eigenvalue weighted by Gasteiger charge is 2.60. The highest BCUT2D eigenvalue weighted by Crippen LogP contribution is 2.43. The van der Waals surface area contributed by atoms with E-state index in [1.807, 2.05) is 0 Å². The molecule has 0 aromatic heterocycles. The van der Waals surface area contributed by atoms with Crippen molar-refractivity contribution >= 4 is 15.7 Å².